The van der Waals surface area contributed by atoms with Crippen LogP contribution in [-0.4, -0.2) is 14.0 Å². The Morgan fingerprint density at radius 2 is 1.40 bits per heavy atom. The van der Waals surface area contributed by atoms with E-state index in [1.165, 1.54) is 6.42 Å². The molecule has 116 valence electrons. The van der Waals surface area contributed by atoms with Crippen LogP contribution in [0.5, 0.6) is 0 Å². The second-order valence-corrected chi connectivity index (χ2v) is 12.5. The summed E-state index contributed by atoms with van der Waals surface area (Å²) in [7, 11) is -1.99. The third-order valence-electron chi connectivity index (χ3n) is 4.94. The molecule has 0 saturated heterocycles. The quantitative estimate of drug-likeness (QED) is 0.251. The first-order valence-electron chi connectivity index (χ1n) is 8.07. The van der Waals surface area contributed by atoms with Crippen molar-refractivity contribution in [3.8, 4) is 0 Å². The topological polar surface area (TPSA) is 58.0 Å². The van der Waals surface area contributed by atoms with Gasteiger partial charge < -0.3 is 4.43 Å². The van der Waals surface area contributed by atoms with Gasteiger partial charge in [-0.3, -0.25) is 0 Å². The number of nitrogens with zero attached hydrogens (tertiary/aromatic N) is 3. The van der Waals surface area contributed by atoms with Crippen LogP contribution in [0, 0.1) is 0 Å². The molecule has 0 spiro atoms. The first kappa shape index (κ1) is 17.5. The third kappa shape index (κ3) is 3.38. The summed E-state index contributed by atoms with van der Waals surface area (Å²) in [5, 5.41) is 4.14. The van der Waals surface area contributed by atoms with Crippen molar-refractivity contribution in [3.63, 3.8) is 0 Å². The summed E-state index contributed by atoms with van der Waals surface area (Å²) in [5.74, 6) is 0. The summed E-state index contributed by atoms with van der Waals surface area (Å²) in [6, 6.07) is 0. The maximum absolute atomic E-state index is 8.99. The number of hydrogen-bond acceptors (Lipinski definition) is 2. The minimum atomic E-state index is -1.99. The summed E-state index contributed by atoms with van der Waals surface area (Å²) in [6.07, 6.45) is 5.22. The zero-order valence-electron chi connectivity index (χ0n) is 14.0. The van der Waals surface area contributed by atoms with Crippen LogP contribution in [0.15, 0.2) is 5.11 Å². The van der Waals surface area contributed by atoms with E-state index in [1.54, 1.807) is 0 Å². The Hall–Kier alpha value is -0.513. The van der Waals surface area contributed by atoms with E-state index in [9.17, 15) is 0 Å². The molecule has 0 atom stereocenters. The van der Waals surface area contributed by atoms with Crippen molar-refractivity contribution in [1.82, 2.24) is 0 Å². The molecule has 0 aromatic carbocycles. The Balaban J connectivity index is 3.17. The van der Waals surface area contributed by atoms with Crippen LogP contribution in [0.1, 0.15) is 73.6 Å². The molecule has 1 saturated carbocycles. The average molecular weight is 298 g/mol. The van der Waals surface area contributed by atoms with Crippen LogP contribution in [0.3, 0.4) is 0 Å². The van der Waals surface area contributed by atoms with Crippen molar-refractivity contribution in [3.05, 3.63) is 10.4 Å². The molecule has 0 amide bonds. The summed E-state index contributed by atoms with van der Waals surface area (Å²) < 4.78 is 6.81. The standard InChI is InChI=1S/C15H31N3OSi/c1-12(2)20(13(3)4,14(5)6)19-15(17-18-16)10-8-7-9-11-15/h12-14H,7-11H2,1-6H3. The maximum atomic E-state index is 8.99. The van der Waals surface area contributed by atoms with E-state index in [0.29, 0.717) is 16.6 Å². The highest BCUT2D eigenvalue weighted by Crippen LogP contribution is 2.47. The van der Waals surface area contributed by atoms with Gasteiger partial charge in [0.1, 0.15) is 5.72 Å². The molecule has 1 rings (SSSR count). The van der Waals surface area contributed by atoms with Gasteiger partial charge in [-0.15, -0.1) is 0 Å². The van der Waals surface area contributed by atoms with Crippen LogP contribution < -0.4 is 0 Å². The van der Waals surface area contributed by atoms with Gasteiger partial charge in [0.2, 0.25) is 8.32 Å². The lowest BCUT2D eigenvalue weighted by Gasteiger charge is -2.49. The van der Waals surface area contributed by atoms with Gasteiger partial charge in [0.15, 0.2) is 0 Å². The molecule has 0 aromatic rings. The van der Waals surface area contributed by atoms with Gasteiger partial charge in [-0.25, -0.2) is 0 Å². The fourth-order valence-corrected chi connectivity index (χ4v) is 9.70. The van der Waals surface area contributed by atoms with E-state index in [1.807, 2.05) is 0 Å². The molecule has 0 N–H and O–H groups in total. The molecule has 1 aliphatic rings. The van der Waals surface area contributed by atoms with Crippen LogP contribution >= 0.6 is 0 Å². The van der Waals surface area contributed by atoms with Gasteiger partial charge in [0, 0.05) is 4.91 Å². The summed E-state index contributed by atoms with van der Waals surface area (Å²) in [5.41, 5.74) is 9.99. The second kappa shape index (κ2) is 6.97. The lowest BCUT2D eigenvalue weighted by molar-refractivity contribution is 0.0190. The molecular weight excluding hydrogens is 266 g/mol. The van der Waals surface area contributed by atoms with Gasteiger partial charge in [0.05, 0.1) is 0 Å². The Morgan fingerprint density at radius 1 is 0.950 bits per heavy atom. The minimum absolute atomic E-state index is 0.523. The van der Waals surface area contributed by atoms with Crippen molar-refractivity contribution in [2.45, 2.75) is 96.0 Å². The zero-order valence-corrected chi connectivity index (χ0v) is 15.0. The van der Waals surface area contributed by atoms with Crippen molar-refractivity contribution in [2.75, 3.05) is 0 Å². The normalized spacial score (nSPS) is 19.4. The fourth-order valence-electron chi connectivity index (χ4n) is 4.09. The molecule has 4 nitrogen and oxygen atoms in total. The predicted octanol–water partition coefficient (Wildman–Crippen LogP) is 6.15. The first-order valence-corrected chi connectivity index (χ1v) is 10.2. The highest BCUT2D eigenvalue weighted by molar-refractivity contribution is 6.77. The van der Waals surface area contributed by atoms with E-state index in [2.05, 4.69) is 51.6 Å². The van der Waals surface area contributed by atoms with Gasteiger partial charge in [0.25, 0.3) is 0 Å². The number of rotatable bonds is 6. The van der Waals surface area contributed by atoms with Gasteiger partial charge in [-0.1, -0.05) is 65.9 Å². The first-order chi connectivity index (χ1) is 9.31. The van der Waals surface area contributed by atoms with Crippen molar-refractivity contribution in [1.29, 1.82) is 0 Å². The Morgan fingerprint density at radius 3 is 1.75 bits per heavy atom. The average Bonchev–Trinajstić information content (AvgIpc) is 2.36. The Bertz CT molecular complexity index is 334. The molecule has 1 fully saturated rings. The minimum Gasteiger partial charge on any atom is -0.404 e. The molecule has 0 radical (unpaired) electrons. The Kier molecular flexibility index (Phi) is 6.11. The van der Waals surface area contributed by atoms with Crippen LogP contribution in [0.2, 0.25) is 16.6 Å². The van der Waals surface area contributed by atoms with Crippen LogP contribution in [0.25, 0.3) is 10.4 Å². The van der Waals surface area contributed by atoms with Crippen molar-refractivity contribution in [2.24, 2.45) is 5.11 Å². The van der Waals surface area contributed by atoms with Crippen LogP contribution in [-0.2, 0) is 4.43 Å². The molecular formula is C15H31N3OSi. The third-order valence-corrected chi connectivity index (χ3v) is 11.1. The van der Waals surface area contributed by atoms with Gasteiger partial charge in [-0.2, -0.15) is 0 Å². The maximum Gasteiger partial charge on any atom is 0.201 e. The monoisotopic (exact) mass is 297 g/mol. The highest BCUT2D eigenvalue weighted by Gasteiger charge is 2.50. The van der Waals surface area contributed by atoms with E-state index >= 15 is 0 Å². The van der Waals surface area contributed by atoms with E-state index < -0.39 is 14.0 Å². The summed E-state index contributed by atoms with van der Waals surface area (Å²) in [4.78, 5) is 3.12. The molecule has 1 aliphatic carbocycles. The molecule has 0 bridgehead atoms. The molecule has 0 unspecified atom stereocenters. The predicted molar refractivity (Wildman–Crippen MR) is 87.1 cm³/mol. The number of azide groups is 1. The lowest BCUT2D eigenvalue weighted by Crippen LogP contribution is -2.54. The molecule has 20 heavy (non-hydrogen) atoms. The second-order valence-electron chi connectivity index (χ2n) is 7.12. The van der Waals surface area contributed by atoms with Gasteiger partial charge >= 0.3 is 0 Å². The smallest absolute Gasteiger partial charge is 0.201 e. The van der Waals surface area contributed by atoms with Gasteiger partial charge in [-0.05, 0) is 35.0 Å². The van der Waals surface area contributed by atoms with E-state index in [4.69, 9.17) is 9.96 Å². The fraction of sp³-hybridized carbons (Fsp3) is 1.00. The molecule has 5 heteroatoms. The number of hydrogen-bond donors (Lipinski definition) is 0. The largest absolute Gasteiger partial charge is 0.404 e. The summed E-state index contributed by atoms with van der Waals surface area (Å²) in [6.45, 7) is 13.7. The molecule has 0 aliphatic heterocycles. The molecule has 0 heterocycles. The highest BCUT2D eigenvalue weighted by atomic mass is 28.4. The van der Waals surface area contributed by atoms with Crippen molar-refractivity contribution >= 4 is 8.32 Å². The lowest BCUT2D eigenvalue weighted by atomic mass is 9.93. The summed E-state index contributed by atoms with van der Waals surface area (Å²) >= 11 is 0. The van der Waals surface area contributed by atoms with Crippen molar-refractivity contribution < 1.29 is 4.43 Å². The molecule has 0 aromatic heterocycles. The van der Waals surface area contributed by atoms with E-state index in [-0.39, 0.29) is 0 Å². The zero-order chi connectivity index (χ0) is 15.4. The Labute approximate surface area is 125 Å². The SMILES string of the molecule is CC(C)[Si](OC1(N=[N+]=[N-])CCCCC1)(C(C)C)C(C)C. The van der Waals surface area contributed by atoms with E-state index in [0.717, 1.165) is 25.7 Å². The van der Waals surface area contributed by atoms with Crippen LogP contribution in [0.4, 0.5) is 0 Å².